The summed E-state index contributed by atoms with van der Waals surface area (Å²) in [5.41, 5.74) is -0.320. The van der Waals surface area contributed by atoms with Gasteiger partial charge in [-0.3, -0.25) is 9.59 Å². The van der Waals surface area contributed by atoms with E-state index in [2.05, 4.69) is 5.32 Å². The number of nitrogens with one attached hydrogen (secondary N) is 1. The van der Waals surface area contributed by atoms with Gasteiger partial charge in [0.15, 0.2) is 9.84 Å². The van der Waals surface area contributed by atoms with Crippen LogP contribution in [0.4, 0.5) is 0 Å². The molecule has 2 fully saturated rings. The molecule has 0 heterocycles. The van der Waals surface area contributed by atoms with Gasteiger partial charge in [0.1, 0.15) is 0 Å². The fraction of sp³-hybridized carbons (Fsp3) is 0.556. The SMILES string of the molecule is O=C(O)CC1(NC(=O)c2ccc(S(=O)(=O)C3CCCC3)cc2)CCC1. The van der Waals surface area contributed by atoms with Crippen molar-refractivity contribution in [1.82, 2.24) is 5.32 Å². The van der Waals surface area contributed by atoms with Gasteiger partial charge in [0, 0.05) is 5.56 Å². The summed E-state index contributed by atoms with van der Waals surface area (Å²) in [6.45, 7) is 0. The van der Waals surface area contributed by atoms with Crippen LogP contribution in [-0.2, 0) is 14.6 Å². The molecule has 0 spiro atoms. The van der Waals surface area contributed by atoms with E-state index in [1.165, 1.54) is 24.3 Å². The minimum atomic E-state index is -3.34. The van der Waals surface area contributed by atoms with E-state index in [1.54, 1.807) is 0 Å². The first kappa shape index (κ1) is 17.9. The van der Waals surface area contributed by atoms with Crippen LogP contribution < -0.4 is 5.32 Å². The maximum Gasteiger partial charge on any atom is 0.305 e. The summed E-state index contributed by atoms with van der Waals surface area (Å²) in [4.78, 5) is 23.6. The van der Waals surface area contributed by atoms with Crippen LogP contribution in [0.1, 0.15) is 61.7 Å². The molecule has 2 aliphatic carbocycles. The van der Waals surface area contributed by atoms with Crippen LogP contribution >= 0.6 is 0 Å². The van der Waals surface area contributed by atoms with Gasteiger partial charge in [0.05, 0.1) is 22.1 Å². The number of carboxylic acid groups (broad SMARTS) is 1. The van der Waals surface area contributed by atoms with Gasteiger partial charge < -0.3 is 10.4 Å². The molecule has 2 saturated carbocycles. The fourth-order valence-electron chi connectivity index (χ4n) is 3.74. The molecule has 7 heteroatoms. The monoisotopic (exact) mass is 365 g/mol. The first-order valence-corrected chi connectivity index (χ1v) is 10.3. The highest BCUT2D eigenvalue weighted by Crippen LogP contribution is 2.35. The van der Waals surface area contributed by atoms with Gasteiger partial charge in [0.2, 0.25) is 0 Å². The van der Waals surface area contributed by atoms with Gasteiger partial charge in [-0.15, -0.1) is 0 Å². The topological polar surface area (TPSA) is 101 Å². The highest BCUT2D eigenvalue weighted by Gasteiger charge is 2.40. The van der Waals surface area contributed by atoms with Gasteiger partial charge in [-0.05, 0) is 56.4 Å². The van der Waals surface area contributed by atoms with Crippen LogP contribution in [0.15, 0.2) is 29.2 Å². The molecule has 1 aromatic rings. The Balaban J connectivity index is 1.71. The zero-order valence-corrected chi connectivity index (χ0v) is 14.8. The van der Waals surface area contributed by atoms with Crippen molar-refractivity contribution < 1.29 is 23.1 Å². The van der Waals surface area contributed by atoms with Crippen LogP contribution in [0.25, 0.3) is 0 Å². The van der Waals surface area contributed by atoms with Crippen molar-refractivity contribution in [3.63, 3.8) is 0 Å². The van der Waals surface area contributed by atoms with Crippen molar-refractivity contribution in [3.05, 3.63) is 29.8 Å². The number of benzene rings is 1. The Morgan fingerprint density at radius 2 is 1.68 bits per heavy atom. The van der Waals surface area contributed by atoms with Gasteiger partial charge in [-0.25, -0.2) is 8.42 Å². The maximum absolute atomic E-state index is 12.6. The fourth-order valence-corrected chi connectivity index (χ4v) is 5.59. The number of carboxylic acids is 1. The number of amides is 1. The van der Waals surface area contributed by atoms with E-state index >= 15 is 0 Å². The van der Waals surface area contributed by atoms with Crippen LogP contribution in [0.3, 0.4) is 0 Å². The van der Waals surface area contributed by atoms with Crippen LogP contribution in [0.2, 0.25) is 0 Å². The normalized spacial score (nSPS) is 20.0. The van der Waals surface area contributed by atoms with Gasteiger partial charge >= 0.3 is 5.97 Å². The number of hydrogen-bond donors (Lipinski definition) is 2. The summed E-state index contributed by atoms with van der Waals surface area (Å²) in [6.07, 6.45) is 5.38. The Morgan fingerprint density at radius 1 is 1.08 bits per heavy atom. The van der Waals surface area contributed by atoms with Crippen LogP contribution in [0, 0.1) is 0 Å². The Labute approximate surface area is 147 Å². The molecule has 0 atom stereocenters. The minimum absolute atomic E-state index is 0.0904. The smallest absolute Gasteiger partial charge is 0.305 e. The summed E-state index contributed by atoms with van der Waals surface area (Å²) in [7, 11) is -3.34. The minimum Gasteiger partial charge on any atom is -0.481 e. The third kappa shape index (κ3) is 3.71. The van der Waals surface area contributed by atoms with Crippen molar-refractivity contribution >= 4 is 21.7 Å². The Hall–Kier alpha value is -1.89. The molecule has 0 aliphatic heterocycles. The largest absolute Gasteiger partial charge is 0.481 e. The molecule has 0 saturated heterocycles. The third-order valence-corrected chi connectivity index (χ3v) is 7.64. The zero-order chi connectivity index (χ0) is 18.1. The van der Waals surface area contributed by atoms with Gasteiger partial charge in [-0.1, -0.05) is 12.8 Å². The molecule has 0 unspecified atom stereocenters. The van der Waals surface area contributed by atoms with Crippen molar-refractivity contribution in [2.45, 2.75) is 67.1 Å². The molecule has 2 N–H and O–H groups in total. The first-order valence-electron chi connectivity index (χ1n) is 8.71. The molecule has 1 amide bonds. The van der Waals surface area contributed by atoms with E-state index < -0.39 is 21.3 Å². The second kappa shape index (κ2) is 6.78. The number of aliphatic carboxylic acids is 1. The molecule has 0 radical (unpaired) electrons. The number of carbonyl (C=O) groups is 2. The zero-order valence-electron chi connectivity index (χ0n) is 14.0. The molecule has 1 aromatic carbocycles. The molecule has 6 nitrogen and oxygen atoms in total. The summed E-state index contributed by atoms with van der Waals surface area (Å²) in [5, 5.41) is 11.5. The standard InChI is InChI=1S/C18H23NO5S/c20-16(21)12-18(10-3-11-18)19-17(22)13-6-8-15(9-7-13)25(23,24)14-4-1-2-5-14/h6-9,14H,1-5,10-12H2,(H,19,22)(H,20,21). The van der Waals surface area contributed by atoms with Gasteiger partial charge in [0.25, 0.3) is 5.91 Å². The number of carbonyl (C=O) groups excluding carboxylic acids is 1. The highest BCUT2D eigenvalue weighted by atomic mass is 32.2. The van der Waals surface area contributed by atoms with E-state index in [9.17, 15) is 18.0 Å². The molecule has 25 heavy (non-hydrogen) atoms. The van der Waals surface area contributed by atoms with E-state index in [4.69, 9.17) is 5.11 Å². The van der Waals surface area contributed by atoms with E-state index in [1.807, 2.05) is 0 Å². The molecule has 3 rings (SSSR count). The second-order valence-corrected chi connectivity index (χ2v) is 9.36. The van der Waals surface area contributed by atoms with E-state index in [0.29, 0.717) is 31.2 Å². The molecular formula is C18H23NO5S. The van der Waals surface area contributed by atoms with Crippen molar-refractivity contribution in [2.75, 3.05) is 0 Å². The second-order valence-electron chi connectivity index (χ2n) is 7.13. The van der Waals surface area contributed by atoms with Gasteiger partial charge in [-0.2, -0.15) is 0 Å². The number of hydrogen-bond acceptors (Lipinski definition) is 4. The molecule has 0 aromatic heterocycles. The molecule has 2 aliphatic rings. The summed E-state index contributed by atoms with van der Waals surface area (Å²) in [5.74, 6) is -1.29. The lowest BCUT2D eigenvalue weighted by atomic mass is 9.74. The number of rotatable bonds is 6. The first-order chi connectivity index (χ1) is 11.8. The third-order valence-electron chi connectivity index (χ3n) is 5.37. The molecule has 136 valence electrons. The predicted molar refractivity (Wildman–Crippen MR) is 92.2 cm³/mol. The summed E-state index contributed by atoms with van der Waals surface area (Å²) < 4.78 is 25.1. The van der Waals surface area contributed by atoms with Crippen molar-refractivity contribution in [1.29, 1.82) is 0 Å². The quantitative estimate of drug-likeness (QED) is 0.807. The van der Waals surface area contributed by atoms with E-state index in [0.717, 1.165) is 19.3 Å². The average Bonchev–Trinajstić information content (AvgIpc) is 3.07. The Bertz CT molecular complexity index is 759. The van der Waals surface area contributed by atoms with Crippen LogP contribution in [0.5, 0.6) is 0 Å². The lowest BCUT2D eigenvalue weighted by Crippen LogP contribution is -2.54. The maximum atomic E-state index is 12.6. The summed E-state index contributed by atoms with van der Waals surface area (Å²) >= 11 is 0. The summed E-state index contributed by atoms with van der Waals surface area (Å²) in [6, 6.07) is 5.97. The Morgan fingerprint density at radius 3 is 2.16 bits per heavy atom. The predicted octanol–water partition coefficient (Wildman–Crippen LogP) is 2.53. The lowest BCUT2D eigenvalue weighted by Gasteiger charge is -2.41. The number of sulfone groups is 1. The lowest BCUT2D eigenvalue weighted by molar-refractivity contribution is -0.139. The van der Waals surface area contributed by atoms with E-state index in [-0.39, 0.29) is 22.5 Å². The van der Waals surface area contributed by atoms with Crippen molar-refractivity contribution in [2.24, 2.45) is 0 Å². The van der Waals surface area contributed by atoms with Crippen molar-refractivity contribution in [3.8, 4) is 0 Å². The highest BCUT2D eigenvalue weighted by molar-refractivity contribution is 7.92. The molecule has 0 bridgehead atoms. The van der Waals surface area contributed by atoms with Crippen LogP contribution in [-0.4, -0.2) is 36.2 Å². The Kier molecular flexibility index (Phi) is 4.86. The average molecular weight is 365 g/mol. The molecular weight excluding hydrogens is 342 g/mol.